The minimum absolute atomic E-state index is 0.00283. The van der Waals surface area contributed by atoms with E-state index < -0.39 is 9.84 Å². The number of allylic oxidation sites excluding steroid dienone is 1. The first-order chi connectivity index (χ1) is 12.4. The largest absolute Gasteiger partial charge is 0.338 e. The first-order valence-electron chi connectivity index (χ1n) is 9.65. The quantitative estimate of drug-likeness (QED) is 0.713. The molecule has 1 aliphatic carbocycles. The van der Waals surface area contributed by atoms with Gasteiger partial charge in [0.1, 0.15) is 0 Å². The highest BCUT2D eigenvalue weighted by Crippen LogP contribution is 2.24. The van der Waals surface area contributed by atoms with Crippen LogP contribution in [0.2, 0.25) is 0 Å². The molecule has 0 bridgehead atoms. The molecule has 1 heterocycles. The molecule has 0 N–H and O–H groups in total. The molecule has 1 fully saturated rings. The number of benzene rings is 1. The maximum atomic E-state index is 13.0. The third-order valence-corrected chi connectivity index (χ3v) is 7.24. The summed E-state index contributed by atoms with van der Waals surface area (Å²) in [6, 6.07) is 8.23. The molecule has 4 nitrogen and oxygen atoms in total. The number of hydrogen-bond acceptors (Lipinski definition) is 3. The lowest BCUT2D eigenvalue weighted by Crippen LogP contribution is -2.37. The first kappa shape index (κ1) is 19.2. The van der Waals surface area contributed by atoms with Gasteiger partial charge in [0.05, 0.1) is 17.4 Å². The average Bonchev–Trinajstić information content (AvgIpc) is 3.00. The second-order valence-electron chi connectivity index (χ2n) is 7.70. The number of amides is 1. The van der Waals surface area contributed by atoms with Crippen LogP contribution in [-0.4, -0.2) is 37.3 Å². The van der Waals surface area contributed by atoms with Gasteiger partial charge in [-0.2, -0.15) is 0 Å². The Bertz CT molecular complexity index is 765. The Hall–Kier alpha value is -1.62. The SMILES string of the molecule is Cc1ccc(CN(CCC2=CCCCC2)C(=O)[C@H]2CCS(=O)(=O)C2)cc1. The maximum absolute atomic E-state index is 13.0. The van der Waals surface area contributed by atoms with Crippen molar-refractivity contribution in [1.82, 2.24) is 4.90 Å². The lowest BCUT2D eigenvalue weighted by atomic mass is 9.96. The van der Waals surface area contributed by atoms with Crippen LogP contribution in [0, 0.1) is 12.8 Å². The fraction of sp³-hybridized carbons (Fsp3) is 0.571. The Labute approximate surface area is 157 Å². The number of hydrogen-bond donors (Lipinski definition) is 0. The fourth-order valence-electron chi connectivity index (χ4n) is 3.84. The summed E-state index contributed by atoms with van der Waals surface area (Å²) in [7, 11) is -3.05. The standard InChI is InChI=1S/C21H29NO3S/c1-17-7-9-19(10-8-17)15-22(13-11-18-5-3-2-4-6-18)21(23)20-12-14-26(24,25)16-20/h5,7-10,20H,2-4,6,11-16H2,1H3/t20-/m0/s1. The summed E-state index contributed by atoms with van der Waals surface area (Å²) in [6.07, 6.45) is 8.45. The first-order valence-corrected chi connectivity index (χ1v) is 11.5. The Morgan fingerprint density at radius 1 is 1.19 bits per heavy atom. The zero-order valence-electron chi connectivity index (χ0n) is 15.6. The van der Waals surface area contributed by atoms with Gasteiger partial charge < -0.3 is 4.90 Å². The van der Waals surface area contributed by atoms with Crippen LogP contribution < -0.4 is 0 Å². The van der Waals surface area contributed by atoms with E-state index in [0.717, 1.165) is 24.8 Å². The summed E-state index contributed by atoms with van der Waals surface area (Å²) in [5.74, 6) is -0.208. The van der Waals surface area contributed by atoms with Gasteiger partial charge in [0.2, 0.25) is 5.91 Å². The van der Waals surface area contributed by atoms with E-state index in [2.05, 4.69) is 30.3 Å². The predicted octanol–water partition coefficient (Wildman–Crippen LogP) is 3.65. The molecular weight excluding hydrogens is 346 g/mol. The van der Waals surface area contributed by atoms with E-state index in [1.165, 1.54) is 24.0 Å². The normalized spacial score (nSPS) is 22.0. The second-order valence-corrected chi connectivity index (χ2v) is 9.93. The molecule has 1 aromatic rings. The Balaban J connectivity index is 1.70. The Morgan fingerprint density at radius 2 is 1.96 bits per heavy atom. The number of carbonyl (C=O) groups is 1. The van der Waals surface area contributed by atoms with E-state index in [1.807, 2.05) is 11.8 Å². The molecule has 2 aliphatic rings. The van der Waals surface area contributed by atoms with Crippen LogP contribution in [0.15, 0.2) is 35.9 Å². The van der Waals surface area contributed by atoms with Crippen molar-refractivity contribution in [2.45, 2.75) is 52.0 Å². The topological polar surface area (TPSA) is 54.5 Å². The summed E-state index contributed by atoms with van der Waals surface area (Å²) >= 11 is 0. The van der Waals surface area contributed by atoms with Gasteiger partial charge in [0.15, 0.2) is 9.84 Å². The molecule has 0 spiro atoms. The predicted molar refractivity (Wildman–Crippen MR) is 105 cm³/mol. The third kappa shape index (κ3) is 5.19. The van der Waals surface area contributed by atoms with Crippen LogP contribution in [0.1, 0.15) is 49.7 Å². The molecule has 5 heteroatoms. The second kappa shape index (κ2) is 8.38. The van der Waals surface area contributed by atoms with Crippen molar-refractivity contribution >= 4 is 15.7 Å². The average molecular weight is 376 g/mol. The monoisotopic (exact) mass is 375 g/mol. The molecule has 0 radical (unpaired) electrons. The molecule has 0 aromatic heterocycles. The van der Waals surface area contributed by atoms with Crippen molar-refractivity contribution in [3.63, 3.8) is 0 Å². The fourth-order valence-corrected chi connectivity index (χ4v) is 5.57. The maximum Gasteiger partial charge on any atom is 0.227 e. The molecule has 1 amide bonds. The van der Waals surface area contributed by atoms with Crippen LogP contribution >= 0.6 is 0 Å². The van der Waals surface area contributed by atoms with Crippen molar-refractivity contribution < 1.29 is 13.2 Å². The highest BCUT2D eigenvalue weighted by molar-refractivity contribution is 7.91. The van der Waals surface area contributed by atoms with Crippen LogP contribution in [-0.2, 0) is 21.2 Å². The molecule has 142 valence electrons. The van der Waals surface area contributed by atoms with Gasteiger partial charge in [-0.15, -0.1) is 0 Å². The molecule has 3 rings (SSSR count). The van der Waals surface area contributed by atoms with Crippen molar-refractivity contribution in [3.05, 3.63) is 47.0 Å². The summed E-state index contributed by atoms with van der Waals surface area (Å²) in [6.45, 7) is 3.28. The van der Waals surface area contributed by atoms with E-state index in [9.17, 15) is 13.2 Å². The molecule has 0 unspecified atom stereocenters. The minimum Gasteiger partial charge on any atom is -0.338 e. The Kier molecular flexibility index (Phi) is 6.17. The number of carbonyl (C=O) groups excluding carboxylic acids is 1. The van der Waals surface area contributed by atoms with E-state index in [-0.39, 0.29) is 23.3 Å². The van der Waals surface area contributed by atoms with Gasteiger partial charge in [0, 0.05) is 13.1 Å². The smallest absolute Gasteiger partial charge is 0.227 e. The van der Waals surface area contributed by atoms with E-state index in [0.29, 0.717) is 19.5 Å². The van der Waals surface area contributed by atoms with Crippen LogP contribution in [0.4, 0.5) is 0 Å². The summed E-state index contributed by atoms with van der Waals surface area (Å²) in [5, 5.41) is 0. The lowest BCUT2D eigenvalue weighted by Gasteiger charge is -2.26. The van der Waals surface area contributed by atoms with Crippen molar-refractivity contribution in [3.8, 4) is 0 Å². The molecule has 1 atom stereocenters. The Morgan fingerprint density at radius 3 is 2.58 bits per heavy atom. The third-order valence-electron chi connectivity index (χ3n) is 5.48. The van der Waals surface area contributed by atoms with Gasteiger partial charge >= 0.3 is 0 Å². The van der Waals surface area contributed by atoms with Gasteiger partial charge in [0.25, 0.3) is 0 Å². The van der Waals surface area contributed by atoms with E-state index in [1.54, 1.807) is 0 Å². The number of rotatable bonds is 6. The summed E-state index contributed by atoms with van der Waals surface area (Å²) in [5.41, 5.74) is 3.74. The minimum atomic E-state index is -3.05. The van der Waals surface area contributed by atoms with Crippen molar-refractivity contribution in [2.24, 2.45) is 5.92 Å². The van der Waals surface area contributed by atoms with Crippen molar-refractivity contribution in [2.75, 3.05) is 18.1 Å². The van der Waals surface area contributed by atoms with Crippen molar-refractivity contribution in [1.29, 1.82) is 0 Å². The van der Waals surface area contributed by atoms with Gasteiger partial charge in [-0.3, -0.25) is 4.79 Å². The number of aryl methyl sites for hydroxylation is 1. The number of nitrogens with zero attached hydrogens (tertiary/aromatic N) is 1. The van der Waals surface area contributed by atoms with Crippen LogP contribution in [0.25, 0.3) is 0 Å². The van der Waals surface area contributed by atoms with E-state index >= 15 is 0 Å². The van der Waals surface area contributed by atoms with Crippen LogP contribution in [0.3, 0.4) is 0 Å². The van der Waals surface area contributed by atoms with Gasteiger partial charge in [-0.05, 0) is 51.0 Å². The van der Waals surface area contributed by atoms with Gasteiger partial charge in [-0.25, -0.2) is 8.42 Å². The molecule has 26 heavy (non-hydrogen) atoms. The van der Waals surface area contributed by atoms with E-state index in [4.69, 9.17) is 0 Å². The highest BCUT2D eigenvalue weighted by atomic mass is 32.2. The summed E-state index contributed by atoms with van der Waals surface area (Å²) in [4.78, 5) is 14.9. The molecule has 0 saturated carbocycles. The zero-order valence-corrected chi connectivity index (χ0v) is 16.4. The highest BCUT2D eigenvalue weighted by Gasteiger charge is 2.35. The number of sulfone groups is 1. The molecular formula is C21H29NO3S. The van der Waals surface area contributed by atoms with Crippen LogP contribution in [0.5, 0.6) is 0 Å². The molecule has 1 aromatic carbocycles. The summed E-state index contributed by atoms with van der Waals surface area (Å²) < 4.78 is 23.6. The zero-order chi connectivity index (χ0) is 18.6. The molecule has 1 saturated heterocycles. The molecule has 1 aliphatic heterocycles. The lowest BCUT2D eigenvalue weighted by molar-refractivity contribution is -0.135. The van der Waals surface area contributed by atoms with Gasteiger partial charge in [-0.1, -0.05) is 41.5 Å².